The van der Waals surface area contributed by atoms with Crippen LogP contribution >= 0.6 is 0 Å². The largest absolute Gasteiger partial charge is 0.377 e. The number of rotatable bonds is 4. The smallest absolute Gasteiger partial charge is 0.347 e. The van der Waals surface area contributed by atoms with Crippen molar-refractivity contribution in [3.63, 3.8) is 0 Å². The van der Waals surface area contributed by atoms with Crippen LogP contribution in [0.2, 0.25) is 0 Å². The normalized spacial score (nSPS) is 17.0. The van der Waals surface area contributed by atoms with Crippen molar-refractivity contribution in [2.45, 2.75) is 12.6 Å². The number of carbonyl (C=O) groups is 1. The molecule has 0 bridgehead atoms. The van der Waals surface area contributed by atoms with E-state index in [1.807, 2.05) is 30.3 Å². The van der Waals surface area contributed by atoms with E-state index in [9.17, 15) is 9.59 Å². The molecular weight excluding hydrogens is 348 g/mol. The van der Waals surface area contributed by atoms with E-state index in [0.29, 0.717) is 25.6 Å². The monoisotopic (exact) mass is 366 g/mol. The SMILES string of the molecule is O=C(Cn1cccnc1=O)N1CCOCC1c1ncnn1-c1ccccc1. The molecular formula is C18H18N6O3. The molecule has 0 saturated carbocycles. The minimum Gasteiger partial charge on any atom is -0.377 e. The van der Waals surface area contributed by atoms with Gasteiger partial charge in [0.25, 0.3) is 0 Å². The minimum atomic E-state index is -0.455. The molecule has 0 aliphatic carbocycles. The van der Waals surface area contributed by atoms with Crippen LogP contribution in [0.15, 0.2) is 59.9 Å². The zero-order valence-corrected chi connectivity index (χ0v) is 14.5. The highest BCUT2D eigenvalue weighted by Crippen LogP contribution is 2.24. The fraction of sp³-hybridized carbons (Fsp3) is 0.278. The third-order valence-corrected chi connectivity index (χ3v) is 4.41. The quantitative estimate of drug-likeness (QED) is 0.664. The first-order valence-electron chi connectivity index (χ1n) is 8.58. The van der Waals surface area contributed by atoms with Crippen molar-refractivity contribution < 1.29 is 9.53 Å². The predicted octanol–water partition coefficient (Wildman–Crippen LogP) is 0.424. The van der Waals surface area contributed by atoms with Gasteiger partial charge in [-0.3, -0.25) is 9.36 Å². The van der Waals surface area contributed by atoms with Gasteiger partial charge < -0.3 is 9.64 Å². The van der Waals surface area contributed by atoms with Crippen molar-refractivity contribution in [2.75, 3.05) is 19.8 Å². The second-order valence-corrected chi connectivity index (χ2v) is 6.07. The lowest BCUT2D eigenvalue weighted by atomic mass is 10.2. The molecule has 0 N–H and O–H groups in total. The summed E-state index contributed by atoms with van der Waals surface area (Å²) in [5.41, 5.74) is 0.398. The van der Waals surface area contributed by atoms with Crippen LogP contribution < -0.4 is 5.69 Å². The van der Waals surface area contributed by atoms with Gasteiger partial charge in [-0.2, -0.15) is 5.10 Å². The number of ether oxygens (including phenoxy) is 1. The Morgan fingerprint density at radius 2 is 2.04 bits per heavy atom. The van der Waals surface area contributed by atoms with Crippen molar-refractivity contribution in [3.05, 3.63) is 71.4 Å². The fourth-order valence-corrected chi connectivity index (χ4v) is 3.11. The van der Waals surface area contributed by atoms with E-state index in [1.54, 1.807) is 21.8 Å². The number of nitrogens with zero attached hydrogens (tertiary/aromatic N) is 6. The molecule has 3 aromatic rings. The molecule has 1 unspecified atom stereocenters. The molecule has 2 aromatic heterocycles. The van der Waals surface area contributed by atoms with Gasteiger partial charge in [0.15, 0.2) is 5.82 Å². The maximum absolute atomic E-state index is 12.9. The number of morpholine rings is 1. The average molecular weight is 366 g/mol. The molecule has 1 amide bonds. The van der Waals surface area contributed by atoms with E-state index >= 15 is 0 Å². The van der Waals surface area contributed by atoms with Gasteiger partial charge in [0, 0.05) is 18.9 Å². The first-order valence-corrected chi connectivity index (χ1v) is 8.58. The zero-order chi connectivity index (χ0) is 18.6. The molecule has 1 aromatic carbocycles. The van der Waals surface area contributed by atoms with Crippen LogP contribution in [0.5, 0.6) is 0 Å². The predicted molar refractivity (Wildman–Crippen MR) is 95.1 cm³/mol. The molecule has 0 radical (unpaired) electrons. The van der Waals surface area contributed by atoms with E-state index in [1.165, 1.54) is 17.1 Å². The lowest BCUT2D eigenvalue weighted by Crippen LogP contribution is -2.46. The first-order chi connectivity index (χ1) is 13.2. The van der Waals surface area contributed by atoms with Crippen LogP contribution in [0, 0.1) is 0 Å². The molecule has 9 nitrogen and oxygen atoms in total. The summed E-state index contributed by atoms with van der Waals surface area (Å²) in [5, 5.41) is 4.30. The molecule has 0 spiro atoms. The van der Waals surface area contributed by atoms with E-state index in [4.69, 9.17) is 4.74 Å². The first kappa shape index (κ1) is 17.1. The van der Waals surface area contributed by atoms with Crippen LogP contribution in [0.4, 0.5) is 0 Å². The van der Waals surface area contributed by atoms with Gasteiger partial charge in [-0.15, -0.1) is 0 Å². The topological polar surface area (TPSA) is 95.1 Å². The van der Waals surface area contributed by atoms with Crippen molar-refractivity contribution >= 4 is 5.91 Å². The van der Waals surface area contributed by atoms with Crippen molar-refractivity contribution in [1.82, 2.24) is 29.2 Å². The Morgan fingerprint density at radius 1 is 1.19 bits per heavy atom. The minimum absolute atomic E-state index is 0.0807. The number of carbonyl (C=O) groups excluding carboxylic acids is 1. The number of benzene rings is 1. The van der Waals surface area contributed by atoms with Gasteiger partial charge in [0.05, 0.1) is 18.9 Å². The van der Waals surface area contributed by atoms with Gasteiger partial charge in [0.1, 0.15) is 18.9 Å². The van der Waals surface area contributed by atoms with Crippen molar-refractivity contribution in [3.8, 4) is 5.69 Å². The Kier molecular flexibility index (Phi) is 4.75. The summed E-state index contributed by atoms with van der Waals surface area (Å²) in [6.45, 7) is 1.09. The van der Waals surface area contributed by atoms with E-state index < -0.39 is 5.69 Å². The highest BCUT2D eigenvalue weighted by molar-refractivity contribution is 5.76. The number of aromatic nitrogens is 5. The van der Waals surface area contributed by atoms with Crippen LogP contribution in [0.1, 0.15) is 11.9 Å². The highest BCUT2D eigenvalue weighted by Gasteiger charge is 2.32. The van der Waals surface area contributed by atoms with Crippen LogP contribution in [0.3, 0.4) is 0 Å². The van der Waals surface area contributed by atoms with Gasteiger partial charge in [-0.25, -0.2) is 19.4 Å². The molecule has 27 heavy (non-hydrogen) atoms. The summed E-state index contributed by atoms with van der Waals surface area (Å²) in [5.74, 6) is 0.425. The Morgan fingerprint density at radius 3 is 2.85 bits per heavy atom. The third-order valence-electron chi connectivity index (χ3n) is 4.41. The molecule has 1 atom stereocenters. The summed E-state index contributed by atoms with van der Waals surface area (Å²) in [6.07, 6.45) is 4.42. The molecule has 9 heteroatoms. The molecule has 1 aliphatic rings. The third kappa shape index (κ3) is 3.49. The molecule has 1 aliphatic heterocycles. The summed E-state index contributed by atoms with van der Waals surface area (Å²) >= 11 is 0. The Bertz CT molecular complexity index is 984. The molecule has 1 saturated heterocycles. The van der Waals surface area contributed by atoms with Gasteiger partial charge >= 0.3 is 5.69 Å². The number of para-hydroxylation sites is 1. The molecule has 4 rings (SSSR count). The maximum atomic E-state index is 12.9. The van der Waals surface area contributed by atoms with Crippen LogP contribution in [-0.4, -0.2) is 54.9 Å². The molecule has 1 fully saturated rings. The van der Waals surface area contributed by atoms with Crippen LogP contribution in [0.25, 0.3) is 5.69 Å². The average Bonchev–Trinajstić information content (AvgIpc) is 3.20. The van der Waals surface area contributed by atoms with E-state index in [2.05, 4.69) is 15.1 Å². The zero-order valence-electron chi connectivity index (χ0n) is 14.5. The Hall–Kier alpha value is -3.33. The number of hydrogen-bond donors (Lipinski definition) is 0. The highest BCUT2D eigenvalue weighted by atomic mass is 16.5. The standard InChI is InChI=1S/C18H18N6O3/c25-16(11-22-8-4-7-19-18(22)26)23-9-10-27-12-15(23)17-20-13-21-24(17)14-5-2-1-3-6-14/h1-8,13,15H,9-12H2. The summed E-state index contributed by atoms with van der Waals surface area (Å²) < 4.78 is 8.59. The molecule has 3 heterocycles. The van der Waals surface area contributed by atoms with Gasteiger partial charge in [0.2, 0.25) is 5.91 Å². The lowest BCUT2D eigenvalue weighted by molar-refractivity contribution is -0.141. The lowest BCUT2D eigenvalue weighted by Gasteiger charge is -2.35. The van der Waals surface area contributed by atoms with E-state index in [-0.39, 0.29) is 18.5 Å². The van der Waals surface area contributed by atoms with Gasteiger partial charge in [-0.05, 0) is 18.2 Å². The van der Waals surface area contributed by atoms with Crippen molar-refractivity contribution in [1.29, 1.82) is 0 Å². The second kappa shape index (κ2) is 7.50. The van der Waals surface area contributed by atoms with E-state index in [0.717, 1.165) is 5.69 Å². The maximum Gasteiger partial charge on any atom is 0.347 e. The summed E-state index contributed by atoms with van der Waals surface area (Å²) in [4.78, 5) is 34.5. The van der Waals surface area contributed by atoms with Crippen molar-refractivity contribution in [2.24, 2.45) is 0 Å². The fourth-order valence-electron chi connectivity index (χ4n) is 3.11. The Labute approximate surface area is 154 Å². The Balaban J connectivity index is 1.62. The summed E-state index contributed by atoms with van der Waals surface area (Å²) in [7, 11) is 0. The van der Waals surface area contributed by atoms with Gasteiger partial charge in [-0.1, -0.05) is 18.2 Å². The van der Waals surface area contributed by atoms with Crippen LogP contribution in [-0.2, 0) is 16.1 Å². The number of amides is 1. The summed E-state index contributed by atoms with van der Waals surface area (Å²) in [6, 6.07) is 10.8. The second-order valence-electron chi connectivity index (χ2n) is 6.07. The molecule has 138 valence electrons. The number of hydrogen-bond acceptors (Lipinski definition) is 6.